The molecular formula is C22H25BrClN3O3. The van der Waals surface area contributed by atoms with Crippen molar-refractivity contribution in [2.24, 2.45) is 0 Å². The summed E-state index contributed by atoms with van der Waals surface area (Å²) < 4.78 is 6.06. The Morgan fingerprint density at radius 2 is 1.90 bits per heavy atom. The number of anilines is 1. The van der Waals surface area contributed by atoms with E-state index in [1.54, 1.807) is 12.0 Å². The molecule has 1 saturated heterocycles. The highest BCUT2D eigenvalue weighted by atomic mass is 79.9. The minimum absolute atomic E-state index is 0.0301. The Bertz CT molecular complexity index is 901. The predicted molar refractivity (Wildman–Crippen MR) is 122 cm³/mol. The number of ether oxygens (including phenoxy) is 1. The van der Waals surface area contributed by atoms with Crippen LogP contribution in [0.5, 0.6) is 5.75 Å². The molecule has 2 aromatic carbocycles. The van der Waals surface area contributed by atoms with Crippen molar-refractivity contribution in [3.05, 3.63) is 57.5 Å². The number of rotatable bonds is 7. The molecule has 1 aliphatic rings. The number of piperazine rings is 1. The normalized spacial score (nSPS) is 13.8. The minimum Gasteiger partial charge on any atom is -0.496 e. The second-order valence-corrected chi connectivity index (χ2v) is 8.38. The molecule has 1 N–H and O–H groups in total. The molecule has 30 heavy (non-hydrogen) atoms. The smallest absolute Gasteiger partial charge is 0.242 e. The van der Waals surface area contributed by atoms with E-state index in [4.69, 9.17) is 16.3 Å². The van der Waals surface area contributed by atoms with Gasteiger partial charge in [-0.3, -0.25) is 9.59 Å². The first-order valence-electron chi connectivity index (χ1n) is 9.83. The molecular weight excluding hydrogens is 470 g/mol. The van der Waals surface area contributed by atoms with Crippen LogP contribution in [0.25, 0.3) is 0 Å². The van der Waals surface area contributed by atoms with E-state index in [2.05, 4.69) is 26.1 Å². The molecule has 0 spiro atoms. The van der Waals surface area contributed by atoms with Crippen molar-refractivity contribution in [1.82, 2.24) is 10.2 Å². The Labute approximate surface area is 190 Å². The SMILES string of the molecule is COc1ccc(CCC(=O)NCC(=O)N2CCN(c3cccc(Cl)c3)CC2)cc1Br. The van der Waals surface area contributed by atoms with E-state index in [-0.39, 0.29) is 18.4 Å². The lowest BCUT2D eigenvalue weighted by molar-refractivity contribution is -0.133. The number of halogens is 2. The van der Waals surface area contributed by atoms with Crippen LogP contribution in [-0.2, 0) is 16.0 Å². The zero-order valence-electron chi connectivity index (χ0n) is 16.9. The molecule has 0 atom stereocenters. The summed E-state index contributed by atoms with van der Waals surface area (Å²) in [4.78, 5) is 28.6. The lowest BCUT2D eigenvalue weighted by atomic mass is 10.1. The maximum Gasteiger partial charge on any atom is 0.242 e. The fourth-order valence-corrected chi connectivity index (χ4v) is 4.16. The van der Waals surface area contributed by atoms with Crippen LogP contribution >= 0.6 is 27.5 Å². The molecule has 160 valence electrons. The van der Waals surface area contributed by atoms with Crippen LogP contribution in [-0.4, -0.2) is 56.5 Å². The maximum atomic E-state index is 12.4. The fraction of sp³-hybridized carbons (Fsp3) is 0.364. The molecule has 0 bridgehead atoms. The van der Waals surface area contributed by atoms with Gasteiger partial charge in [0, 0.05) is 43.3 Å². The molecule has 1 fully saturated rings. The van der Waals surface area contributed by atoms with Crippen LogP contribution in [0.15, 0.2) is 46.9 Å². The summed E-state index contributed by atoms with van der Waals surface area (Å²) in [5.74, 6) is 0.568. The number of amides is 2. The number of carbonyl (C=O) groups is 2. The van der Waals surface area contributed by atoms with Crippen LogP contribution < -0.4 is 15.0 Å². The zero-order chi connectivity index (χ0) is 21.5. The van der Waals surface area contributed by atoms with Gasteiger partial charge in [-0.1, -0.05) is 23.7 Å². The molecule has 1 heterocycles. The molecule has 6 nitrogen and oxygen atoms in total. The average Bonchev–Trinajstić information content (AvgIpc) is 2.76. The summed E-state index contributed by atoms with van der Waals surface area (Å²) in [6.07, 6.45) is 0.926. The largest absolute Gasteiger partial charge is 0.496 e. The molecule has 2 amide bonds. The summed E-state index contributed by atoms with van der Waals surface area (Å²) in [7, 11) is 1.61. The number of benzene rings is 2. The molecule has 0 saturated carbocycles. The van der Waals surface area contributed by atoms with Crippen LogP contribution in [0.3, 0.4) is 0 Å². The van der Waals surface area contributed by atoms with Crippen molar-refractivity contribution >= 4 is 45.0 Å². The van der Waals surface area contributed by atoms with E-state index >= 15 is 0 Å². The number of carbonyl (C=O) groups excluding carboxylic acids is 2. The van der Waals surface area contributed by atoms with Gasteiger partial charge in [0.1, 0.15) is 5.75 Å². The zero-order valence-corrected chi connectivity index (χ0v) is 19.2. The van der Waals surface area contributed by atoms with Gasteiger partial charge in [0.05, 0.1) is 18.1 Å². The van der Waals surface area contributed by atoms with Crippen LogP contribution in [0, 0.1) is 0 Å². The predicted octanol–water partition coefficient (Wildman–Crippen LogP) is 3.51. The number of methoxy groups -OCH3 is 1. The van der Waals surface area contributed by atoms with Crippen molar-refractivity contribution in [3.8, 4) is 5.75 Å². The van der Waals surface area contributed by atoms with Gasteiger partial charge in [0.15, 0.2) is 0 Å². The molecule has 0 aromatic heterocycles. The van der Waals surface area contributed by atoms with Gasteiger partial charge in [0.2, 0.25) is 11.8 Å². The number of aryl methyl sites for hydroxylation is 1. The molecule has 1 aliphatic heterocycles. The van der Waals surface area contributed by atoms with Gasteiger partial charge in [-0.25, -0.2) is 0 Å². The Kier molecular flexibility index (Phi) is 7.99. The van der Waals surface area contributed by atoms with E-state index in [0.717, 1.165) is 34.6 Å². The Morgan fingerprint density at radius 1 is 1.13 bits per heavy atom. The summed E-state index contributed by atoms with van der Waals surface area (Å²) >= 11 is 9.51. The highest BCUT2D eigenvalue weighted by molar-refractivity contribution is 9.10. The third-order valence-corrected chi connectivity index (χ3v) is 5.95. The second kappa shape index (κ2) is 10.7. The second-order valence-electron chi connectivity index (χ2n) is 7.09. The van der Waals surface area contributed by atoms with E-state index < -0.39 is 0 Å². The summed E-state index contributed by atoms with van der Waals surface area (Å²) in [6.45, 7) is 2.77. The lowest BCUT2D eigenvalue weighted by Crippen LogP contribution is -2.51. The van der Waals surface area contributed by atoms with Crippen LogP contribution in [0.1, 0.15) is 12.0 Å². The topological polar surface area (TPSA) is 61.9 Å². The molecule has 0 unspecified atom stereocenters. The van der Waals surface area contributed by atoms with E-state index in [1.165, 1.54) is 0 Å². The third kappa shape index (κ3) is 6.12. The first-order valence-corrected chi connectivity index (χ1v) is 11.0. The van der Waals surface area contributed by atoms with Gasteiger partial charge in [-0.05, 0) is 58.2 Å². The summed E-state index contributed by atoms with van der Waals surface area (Å²) in [5.41, 5.74) is 2.09. The van der Waals surface area contributed by atoms with Crippen molar-refractivity contribution in [1.29, 1.82) is 0 Å². The van der Waals surface area contributed by atoms with Crippen LogP contribution in [0.4, 0.5) is 5.69 Å². The van der Waals surface area contributed by atoms with Crippen molar-refractivity contribution < 1.29 is 14.3 Å². The highest BCUT2D eigenvalue weighted by Gasteiger charge is 2.21. The average molecular weight is 495 g/mol. The van der Waals surface area contributed by atoms with Gasteiger partial charge in [-0.2, -0.15) is 0 Å². The molecule has 0 aliphatic carbocycles. The molecule has 3 rings (SSSR count). The minimum atomic E-state index is -0.132. The maximum absolute atomic E-state index is 12.4. The molecule has 8 heteroatoms. The third-order valence-electron chi connectivity index (χ3n) is 5.10. The number of hydrogen-bond acceptors (Lipinski definition) is 4. The van der Waals surface area contributed by atoms with Crippen molar-refractivity contribution in [2.75, 3.05) is 44.7 Å². The lowest BCUT2D eigenvalue weighted by Gasteiger charge is -2.36. The summed E-state index contributed by atoms with van der Waals surface area (Å²) in [6, 6.07) is 13.5. The van der Waals surface area contributed by atoms with Gasteiger partial charge in [0.25, 0.3) is 0 Å². The Morgan fingerprint density at radius 3 is 2.57 bits per heavy atom. The molecule has 0 radical (unpaired) electrons. The van der Waals surface area contributed by atoms with Gasteiger partial charge >= 0.3 is 0 Å². The Balaban J connectivity index is 1.39. The van der Waals surface area contributed by atoms with Gasteiger partial charge < -0.3 is 19.9 Å². The Hall–Kier alpha value is -2.25. The number of nitrogens with one attached hydrogen (secondary N) is 1. The molecule has 2 aromatic rings. The highest BCUT2D eigenvalue weighted by Crippen LogP contribution is 2.26. The van der Waals surface area contributed by atoms with E-state index in [0.29, 0.717) is 31.0 Å². The van der Waals surface area contributed by atoms with Crippen LogP contribution in [0.2, 0.25) is 5.02 Å². The number of nitrogens with zero attached hydrogens (tertiary/aromatic N) is 2. The van der Waals surface area contributed by atoms with E-state index in [9.17, 15) is 9.59 Å². The number of hydrogen-bond donors (Lipinski definition) is 1. The van der Waals surface area contributed by atoms with Crippen molar-refractivity contribution in [3.63, 3.8) is 0 Å². The monoisotopic (exact) mass is 493 g/mol. The quantitative estimate of drug-likeness (QED) is 0.640. The first-order chi connectivity index (χ1) is 14.5. The van der Waals surface area contributed by atoms with Gasteiger partial charge in [-0.15, -0.1) is 0 Å². The standard InChI is InChI=1S/C22H25BrClN3O3/c1-30-20-7-5-16(13-19(20)23)6-8-21(28)25-15-22(29)27-11-9-26(10-12-27)18-4-2-3-17(24)14-18/h2-5,7,13-14H,6,8-12,15H2,1H3,(H,25,28). The first kappa shape index (κ1) is 22.4. The van der Waals surface area contributed by atoms with E-state index in [1.807, 2.05) is 42.5 Å². The fourth-order valence-electron chi connectivity index (χ4n) is 3.38. The van der Waals surface area contributed by atoms with Crippen molar-refractivity contribution in [2.45, 2.75) is 12.8 Å². The summed E-state index contributed by atoms with van der Waals surface area (Å²) in [5, 5.41) is 3.44.